The van der Waals surface area contributed by atoms with Crippen LogP contribution in [-0.2, 0) is 60.4 Å². The Morgan fingerprint density at radius 2 is 1.25 bits per heavy atom. The molecule has 0 aromatic heterocycles. The number of rotatable bonds is 15. The van der Waals surface area contributed by atoms with Gasteiger partial charge in [-0.25, -0.2) is 4.39 Å². The molecule has 1 N–H and O–H groups in total. The van der Waals surface area contributed by atoms with Gasteiger partial charge in [-0.05, 0) is 52.1 Å². The third-order valence-electron chi connectivity index (χ3n) is 10.1. The second-order valence-electron chi connectivity index (χ2n) is 13.9. The fraction of sp³-hybridized carbons (Fsp3) is 0.318. The van der Waals surface area contributed by atoms with Crippen LogP contribution in [0, 0.1) is 5.82 Å². The molecular formula is C44H43FO8. The molecule has 0 aliphatic carbocycles. The Hall–Kier alpha value is -4.45. The summed E-state index contributed by atoms with van der Waals surface area (Å²) < 4.78 is 60.8. The zero-order chi connectivity index (χ0) is 36.1. The molecule has 5 aromatic rings. The van der Waals surface area contributed by atoms with Gasteiger partial charge in [0.2, 0.25) is 5.79 Å². The molecule has 53 heavy (non-hydrogen) atoms. The van der Waals surface area contributed by atoms with Gasteiger partial charge in [-0.15, -0.1) is 0 Å². The van der Waals surface area contributed by atoms with Crippen LogP contribution in [0.25, 0.3) is 0 Å². The summed E-state index contributed by atoms with van der Waals surface area (Å²) in [5.74, 6) is -1.17. The van der Waals surface area contributed by atoms with Gasteiger partial charge in [-0.2, -0.15) is 0 Å². The number of benzene rings is 5. The minimum atomic E-state index is -1.56. The first-order valence-corrected chi connectivity index (χ1v) is 18.1. The van der Waals surface area contributed by atoms with Crippen molar-refractivity contribution in [2.75, 3.05) is 26.4 Å². The van der Waals surface area contributed by atoms with Crippen LogP contribution in [0.1, 0.15) is 33.4 Å². The Kier molecular flexibility index (Phi) is 10.7. The standard InChI is InChI=1S/C44H43FO8/c45-39-21-18-36(23-35(39)22-31-16-19-37(20-17-31)52-38-27-47-28-38)44-42(50-26-34-14-8-3-9-15-34)40(48-24-32-10-4-1-5-11-32)41(43(29-46,53-44)30-51-44)49-25-33-12-6-2-7-13-33/h1-21,23,38,40-42,46H,22,24-30H2/t40-,41-,42?,43?,44?/m0/s1. The second kappa shape index (κ2) is 15.9. The summed E-state index contributed by atoms with van der Waals surface area (Å²) in [5, 5.41) is 11.1. The van der Waals surface area contributed by atoms with Crippen molar-refractivity contribution in [1.29, 1.82) is 0 Å². The maximum Gasteiger partial charge on any atom is 0.225 e. The molecule has 274 valence electrons. The van der Waals surface area contributed by atoms with Crippen LogP contribution in [0.4, 0.5) is 4.39 Å². The zero-order valence-corrected chi connectivity index (χ0v) is 29.4. The minimum absolute atomic E-state index is 0.000440. The molecule has 5 atom stereocenters. The van der Waals surface area contributed by atoms with E-state index in [-0.39, 0.29) is 38.3 Å². The number of fused-ring (bicyclic) bond motifs is 2. The molecule has 8 nitrogen and oxygen atoms in total. The minimum Gasteiger partial charge on any atom is -0.486 e. The van der Waals surface area contributed by atoms with Gasteiger partial charge in [0.05, 0.1) is 46.2 Å². The van der Waals surface area contributed by atoms with E-state index in [0.29, 0.717) is 30.8 Å². The highest BCUT2D eigenvalue weighted by Crippen LogP contribution is 2.53. The molecule has 0 saturated carbocycles. The maximum atomic E-state index is 15.6. The SMILES string of the molecule is OCC12COC(c3ccc(F)c(Cc4ccc(OC5COC5)cc4)c3)(O1)C(OCc1ccccc1)[C@@H](OCc1ccccc1)[C@@H]2OCc1ccccc1. The molecule has 3 unspecified atom stereocenters. The molecule has 9 heteroatoms. The quantitative estimate of drug-likeness (QED) is 0.125. The van der Waals surface area contributed by atoms with Gasteiger partial charge >= 0.3 is 0 Å². The van der Waals surface area contributed by atoms with E-state index in [4.69, 9.17) is 33.2 Å². The molecule has 3 fully saturated rings. The van der Waals surface area contributed by atoms with Crippen LogP contribution in [0.2, 0.25) is 0 Å². The van der Waals surface area contributed by atoms with Crippen molar-refractivity contribution < 1.29 is 42.7 Å². The summed E-state index contributed by atoms with van der Waals surface area (Å²) in [6, 6.07) is 42.1. The topological polar surface area (TPSA) is 84.8 Å². The van der Waals surface area contributed by atoms with Gasteiger partial charge in [0.15, 0.2) is 0 Å². The molecule has 0 spiro atoms. The highest BCUT2D eigenvalue weighted by Gasteiger charge is 2.69. The van der Waals surface area contributed by atoms with Crippen LogP contribution in [0.3, 0.4) is 0 Å². The van der Waals surface area contributed by atoms with E-state index in [9.17, 15) is 5.11 Å². The van der Waals surface area contributed by atoms with E-state index < -0.39 is 36.3 Å². The lowest BCUT2D eigenvalue weighted by atomic mass is 9.82. The molecule has 2 bridgehead atoms. The predicted molar refractivity (Wildman–Crippen MR) is 194 cm³/mol. The van der Waals surface area contributed by atoms with Crippen LogP contribution in [0.5, 0.6) is 5.75 Å². The van der Waals surface area contributed by atoms with Gasteiger partial charge in [0.1, 0.15) is 41.6 Å². The van der Waals surface area contributed by atoms with Gasteiger partial charge in [0, 0.05) is 12.0 Å². The number of halogens is 1. The molecular weight excluding hydrogens is 675 g/mol. The van der Waals surface area contributed by atoms with Crippen LogP contribution in [-0.4, -0.2) is 61.6 Å². The Bertz CT molecular complexity index is 1920. The zero-order valence-electron chi connectivity index (χ0n) is 29.4. The Morgan fingerprint density at radius 3 is 1.81 bits per heavy atom. The summed E-state index contributed by atoms with van der Waals surface area (Å²) in [5.41, 5.74) is 3.48. The number of aliphatic hydroxyl groups excluding tert-OH is 1. The van der Waals surface area contributed by atoms with E-state index in [1.807, 2.05) is 115 Å². The highest BCUT2D eigenvalue weighted by atomic mass is 19.1. The number of aliphatic hydroxyl groups is 1. The lowest BCUT2D eigenvalue weighted by Gasteiger charge is -2.50. The first kappa shape index (κ1) is 35.6. The molecule has 0 amide bonds. The van der Waals surface area contributed by atoms with Crippen molar-refractivity contribution in [3.8, 4) is 5.75 Å². The maximum absolute atomic E-state index is 15.6. The van der Waals surface area contributed by atoms with Crippen molar-refractivity contribution in [3.05, 3.63) is 173 Å². The first-order chi connectivity index (χ1) is 26.0. The number of ether oxygens (including phenoxy) is 7. The average Bonchev–Trinajstić information content (AvgIpc) is 3.55. The largest absolute Gasteiger partial charge is 0.486 e. The Morgan fingerprint density at radius 1 is 0.660 bits per heavy atom. The van der Waals surface area contributed by atoms with Crippen molar-refractivity contribution in [3.63, 3.8) is 0 Å². The van der Waals surface area contributed by atoms with Crippen molar-refractivity contribution in [2.45, 2.75) is 62.0 Å². The monoisotopic (exact) mass is 718 g/mol. The number of hydrogen-bond acceptors (Lipinski definition) is 8. The fourth-order valence-corrected chi connectivity index (χ4v) is 7.24. The van der Waals surface area contributed by atoms with E-state index in [1.54, 1.807) is 12.1 Å². The molecule has 0 radical (unpaired) electrons. The molecule has 3 aliphatic rings. The summed E-state index contributed by atoms with van der Waals surface area (Å²) in [6.45, 7) is 1.48. The number of hydrogen-bond donors (Lipinski definition) is 1. The lowest BCUT2D eigenvalue weighted by molar-refractivity contribution is -0.353. The van der Waals surface area contributed by atoms with Gasteiger partial charge in [-0.1, -0.05) is 109 Å². The van der Waals surface area contributed by atoms with E-state index >= 15 is 4.39 Å². The van der Waals surface area contributed by atoms with Gasteiger partial charge in [-0.3, -0.25) is 0 Å². The summed E-state index contributed by atoms with van der Waals surface area (Å²) >= 11 is 0. The smallest absolute Gasteiger partial charge is 0.225 e. The average molecular weight is 719 g/mol. The lowest BCUT2D eigenvalue weighted by Crippen LogP contribution is -2.67. The summed E-state index contributed by atoms with van der Waals surface area (Å²) in [6.07, 6.45) is -2.07. The molecule has 3 aliphatic heterocycles. The summed E-state index contributed by atoms with van der Waals surface area (Å²) in [7, 11) is 0. The van der Waals surface area contributed by atoms with Crippen LogP contribution in [0.15, 0.2) is 133 Å². The molecule has 5 aromatic carbocycles. The normalized spacial score (nSPS) is 25.2. The van der Waals surface area contributed by atoms with Crippen LogP contribution >= 0.6 is 0 Å². The van der Waals surface area contributed by atoms with E-state index in [1.165, 1.54) is 6.07 Å². The Balaban J connectivity index is 1.15. The molecule has 8 rings (SSSR count). The van der Waals surface area contributed by atoms with E-state index in [0.717, 1.165) is 28.0 Å². The molecule has 3 heterocycles. The van der Waals surface area contributed by atoms with Crippen molar-refractivity contribution in [2.24, 2.45) is 0 Å². The Labute approximate surface area is 309 Å². The third-order valence-corrected chi connectivity index (χ3v) is 10.1. The summed E-state index contributed by atoms with van der Waals surface area (Å²) in [4.78, 5) is 0. The van der Waals surface area contributed by atoms with Gasteiger partial charge < -0.3 is 38.3 Å². The van der Waals surface area contributed by atoms with E-state index in [2.05, 4.69) is 0 Å². The van der Waals surface area contributed by atoms with Gasteiger partial charge in [0.25, 0.3) is 0 Å². The third kappa shape index (κ3) is 7.65. The fourth-order valence-electron chi connectivity index (χ4n) is 7.24. The van der Waals surface area contributed by atoms with Crippen molar-refractivity contribution >= 4 is 0 Å². The highest BCUT2D eigenvalue weighted by molar-refractivity contribution is 5.37. The van der Waals surface area contributed by atoms with Crippen molar-refractivity contribution in [1.82, 2.24) is 0 Å². The first-order valence-electron chi connectivity index (χ1n) is 18.1. The second-order valence-corrected chi connectivity index (χ2v) is 13.9. The predicted octanol–water partition coefficient (Wildman–Crippen LogP) is 6.89. The molecule has 3 saturated heterocycles. The van der Waals surface area contributed by atoms with Crippen LogP contribution < -0.4 is 4.74 Å².